The molecule has 31 heavy (non-hydrogen) atoms. The fraction of sp³-hybridized carbons (Fsp3) is 0.440. The van der Waals surface area contributed by atoms with Crippen LogP contribution in [0.2, 0.25) is 0 Å². The molecule has 3 atom stereocenters. The normalized spacial score (nSPS) is 21.7. The van der Waals surface area contributed by atoms with E-state index < -0.39 is 0 Å². The summed E-state index contributed by atoms with van der Waals surface area (Å²) in [7, 11) is 3.23. The molecular formula is C25H29NO5. The number of methoxy groups -OCH3 is 2. The highest BCUT2D eigenvalue weighted by atomic mass is 16.5. The van der Waals surface area contributed by atoms with Crippen LogP contribution in [0.1, 0.15) is 42.9 Å². The number of nitrogens with one attached hydrogen (secondary N) is 1. The maximum Gasteiger partial charge on any atom is 0.309 e. The molecule has 6 heteroatoms. The van der Waals surface area contributed by atoms with Crippen LogP contribution in [0.5, 0.6) is 11.5 Å². The number of hydrogen-bond acceptors (Lipinski definition) is 5. The van der Waals surface area contributed by atoms with Crippen molar-refractivity contribution in [1.29, 1.82) is 0 Å². The monoisotopic (exact) mass is 423 g/mol. The number of fused-ring (bicyclic) bond motifs is 2. The van der Waals surface area contributed by atoms with Gasteiger partial charge >= 0.3 is 5.97 Å². The van der Waals surface area contributed by atoms with Gasteiger partial charge in [0.05, 0.1) is 26.2 Å². The first-order chi connectivity index (χ1) is 15.1. The molecule has 1 N–H and O–H groups in total. The van der Waals surface area contributed by atoms with Gasteiger partial charge in [-0.3, -0.25) is 9.59 Å². The van der Waals surface area contributed by atoms with E-state index in [1.807, 2.05) is 48.5 Å². The van der Waals surface area contributed by atoms with Gasteiger partial charge in [-0.2, -0.15) is 0 Å². The van der Waals surface area contributed by atoms with Crippen LogP contribution < -0.4 is 14.8 Å². The van der Waals surface area contributed by atoms with E-state index in [9.17, 15) is 9.59 Å². The number of amides is 1. The van der Waals surface area contributed by atoms with Gasteiger partial charge in [0.1, 0.15) is 11.5 Å². The first kappa shape index (κ1) is 21.2. The number of esters is 1. The molecule has 3 unspecified atom stereocenters. The van der Waals surface area contributed by atoms with Crippen molar-refractivity contribution in [2.24, 2.45) is 17.8 Å². The molecule has 0 saturated heterocycles. The first-order valence-corrected chi connectivity index (χ1v) is 10.8. The van der Waals surface area contributed by atoms with Crippen LogP contribution in [0.25, 0.3) is 0 Å². The van der Waals surface area contributed by atoms with E-state index in [0.29, 0.717) is 11.8 Å². The Morgan fingerprint density at radius 3 is 1.94 bits per heavy atom. The van der Waals surface area contributed by atoms with E-state index in [4.69, 9.17) is 14.2 Å². The third kappa shape index (κ3) is 4.84. The minimum absolute atomic E-state index is 0.0366. The zero-order chi connectivity index (χ0) is 21.8. The molecule has 2 aliphatic rings. The fourth-order valence-electron chi connectivity index (χ4n) is 4.93. The predicted octanol–water partition coefficient (Wildman–Crippen LogP) is 3.89. The van der Waals surface area contributed by atoms with E-state index in [1.54, 1.807) is 14.2 Å². The molecule has 0 heterocycles. The third-order valence-electron chi connectivity index (χ3n) is 6.59. The molecule has 0 aromatic heterocycles. The van der Waals surface area contributed by atoms with Gasteiger partial charge in [0.15, 0.2) is 6.61 Å². The summed E-state index contributed by atoms with van der Waals surface area (Å²) in [5, 5.41) is 3.01. The molecule has 164 valence electrons. The van der Waals surface area contributed by atoms with Crippen LogP contribution in [0, 0.1) is 17.8 Å². The third-order valence-corrected chi connectivity index (χ3v) is 6.59. The summed E-state index contributed by atoms with van der Waals surface area (Å²) >= 11 is 0. The van der Waals surface area contributed by atoms with Gasteiger partial charge in [-0.1, -0.05) is 30.7 Å². The van der Waals surface area contributed by atoms with Crippen LogP contribution in [0.3, 0.4) is 0 Å². The second-order valence-electron chi connectivity index (χ2n) is 8.44. The average Bonchev–Trinajstić information content (AvgIpc) is 3.45. The number of carbonyl (C=O) groups is 2. The minimum Gasteiger partial charge on any atom is -0.497 e. The van der Waals surface area contributed by atoms with Gasteiger partial charge in [-0.05, 0) is 66.5 Å². The lowest BCUT2D eigenvalue weighted by molar-refractivity contribution is -0.154. The standard InChI is InChI=1S/C25H29NO5/c1-29-20-9-5-17(6-10-20)24(18-7-11-21(30-2)12-8-18)26-23(27)15-31-25(28)22-14-16-3-4-19(22)13-16/h5-12,16,19,22,24H,3-4,13-15H2,1-2H3,(H,26,27). The van der Waals surface area contributed by atoms with Gasteiger partial charge in [-0.15, -0.1) is 0 Å². The van der Waals surface area contributed by atoms with Crippen LogP contribution in [-0.4, -0.2) is 32.7 Å². The molecule has 0 spiro atoms. The molecule has 2 bridgehead atoms. The Balaban J connectivity index is 1.43. The molecule has 0 aliphatic heterocycles. The number of benzene rings is 2. The lowest BCUT2D eigenvalue weighted by Gasteiger charge is -2.22. The van der Waals surface area contributed by atoms with Crippen LogP contribution >= 0.6 is 0 Å². The Morgan fingerprint density at radius 1 is 0.903 bits per heavy atom. The Bertz CT molecular complexity index is 861. The van der Waals surface area contributed by atoms with Crippen LogP contribution in [-0.2, 0) is 14.3 Å². The van der Waals surface area contributed by atoms with Crippen LogP contribution in [0.4, 0.5) is 0 Å². The maximum absolute atomic E-state index is 12.7. The molecule has 6 nitrogen and oxygen atoms in total. The van der Waals surface area contributed by atoms with E-state index in [-0.39, 0.29) is 30.4 Å². The van der Waals surface area contributed by atoms with Gasteiger partial charge in [0.2, 0.25) is 0 Å². The maximum atomic E-state index is 12.7. The number of hydrogen-bond donors (Lipinski definition) is 1. The Labute approximate surface area is 182 Å². The quantitative estimate of drug-likeness (QED) is 0.652. The molecule has 2 aromatic carbocycles. The summed E-state index contributed by atoms with van der Waals surface area (Å²) in [5.41, 5.74) is 1.80. The minimum atomic E-state index is -0.384. The highest BCUT2D eigenvalue weighted by Crippen LogP contribution is 2.48. The van der Waals surface area contributed by atoms with Crippen molar-refractivity contribution in [2.45, 2.75) is 31.7 Å². The molecule has 2 fully saturated rings. The van der Waals surface area contributed by atoms with Gasteiger partial charge in [0.25, 0.3) is 5.91 Å². The summed E-state index contributed by atoms with van der Waals surface area (Å²) in [6.45, 7) is -0.268. The van der Waals surface area contributed by atoms with Crippen molar-refractivity contribution in [2.75, 3.05) is 20.8 Å². The van der Waals surface area contributed by atoms with E-state index in [0.717, 1.165) is 41.9 Å². The van der Waals surface area contributed by atoms with Crippen molar-refractivity contribution >= 4 is 11.9 Å². The highest BCUT2D eigenvalue weighted by Gasteiger charge is 2.44. The summed E-state index contributed by atoms with van der Waals surface area (Å²) in [4.78, 5) is 25.2. The van der Waals surface area contributed by atoms with E-state index in [1.165, 1.54) is 6.42 Å². The van der Waals surface area contributed by atoms with Crippen molar-refractivity contribution in [3.63, 3.8) is 0 Å². The summed E-state index contributed by atoms with van der Waals surface area (Å²) < 4.78 is 15.9. The molecule has 2 aliphatic carbocycles. The summed E-state index contributed by atoms with van der Waals surface area (Å²) in [6, 6.07) is 14.7. The predicted molar refractivity (Wildman–Crippen MR) is 116 cm³/mol. The molecular weight excluding hydrogens is 394 g/mol. The molecule has 2 aromatic rings. The Hall–Kier alpha value is -3.02. The second-order valence-corrected chi connectivity index (χ2v) is 8.44. The molecule has 2 saturated carbocycles. The van der Waals surface area contributed by atoms with E-state index >= 15 is 0 Å². The Morgan fingerprint density at radius 2 is 1.48 bits per heavy atom. The molecule has 1 amide bonds. The average molecular weight is 424 g/mol. The summed E-state index contributed by atoms with van der Waals surface area (Å²) in [5.74, 6) is 1.98. The smallest absolute Gasteiger partial charge is 0.309 e. The fourth-order valence-corrected chi connectivity index (χ4v) is 4.93. The van der Waals surface area contributed by atoms with Crippen LogP contribution in [0.15, 0.2) is 48.5 Å². The number of rotatable bonds is 8. The largest absolute Gasteiger partial charge is 0.497 e. The second kappa shape index (κ2) is 9.41. The van der Waals surface area contributed by atoms with Crippen molar-refractivity contribution in [3.05, 3.63) is 59.7 Å². The first-order valence-electron chi connectivity index (χ1n) is 10.8. The van der Waals surface area contributed by atoms with Crippen molar-refractivity contribution in [3.8, 4) is 11.5 Å². The van der Waals surface area contributed by atoms with Gasteiger partial charge < -0.3 is 19.5 Å². The summed E-state index contributed by atoms with van der Waals surface area (Å²) in [6.07, 6.45) is 4.36. The van der Waals surface area contributed by atoms with Crippen molar-refractivity contribution < 1.29 is 23.8 Å². The Kier molecular flexibility index (Phi) is 6.44. The molecule has 0 radical (unpaired) electrons. The van der Waals surface area contributed by atoms with Gasteiger partial charge in [-0.25, -0.2) is 0 Å². The lowest BCUT2D eigenvalue weighted by Crippen LogP contribution is -2.34. The van der Waals surface area contributed by atoms with Crippen molar-refractivity contribution in [1.82, 2.24) is 5.32 Å². The molecule has 4 rings (SSSR count). The SMILES string of the molecule is COc1ccc(C(NC(=O)COC(=O)C2CC3CCC2C3)c2ccc(OC)cc2)cc1. The van der Waals surface area contributed by atoms with Gasteiger partial charge in [0, 0.05) is 0 Å². The lowest BCUT2D eigenvalue weighted by atomic mass is 9.89. The topological polar surface area (TPSA) is 73.9 Å². The highest BCUT2D eigenvalue weighted by molar-refractivity contribution is 5.82. The number of carbonyl (C=O) groups excluding carboxylic acids is 2. The van der Waals surface area contributed by atoms with E-state index in [2.05, 4.69) is 5.32 Å². The zero-order valence-electron chi connectivity index (χ0n) is 18.0. The number of ether oxygens (including phenoxy) is 3. The zero-order valence-corrected chi connectivity index (χ0v) is 18.0.